The lowest BCUT2D eigenvalue weighted by Gasteiger charge is -2.09. The van der Waals surface area contributed by atoms with Crippen molar-refractivity contribution in [3.63, 3.8) is 0 Å². The lowest BCUT2D eigenvalue weighted by atomic mass is 10.1. The van der Waals surface area contributed by atoms with E-state index in [4.69, 9.17) is 0 Å². The second-order valence-electron chi connectivity index (χ2n) is 6.35. The number of H-pyrrole nitrogens is 1. The number of pyridine rings is 1. The van der Waals surface area contributed by atoms with Gasteiger partial charge in [-0.2, -0.15) is 0 Å². The first-order valence-corrected chi connectivity index (χ1v) is 9.81. The summed E-state index contributed by atoms with van der Waals surface area (Å²) in [6.07, 6.45) is 4.21. The van der Waals surface area contributed by atoms with Crippen LogP contribution in [0, 0.1) is 0 Å². The number of anilines is 2. The number of carbonyl (C=O) groups is 1. The summed E-state index contributed by atoms with van der Waals surface area (Å²) in [5, 5.41) is 9.13. The molecule has 1 aromatic carbocycles. The van der Waals surface area contributed by atoms with Crippen molar-refractivity contribution in [2.75, 3.05) is 11.9 Å². The maximum absolute atomic E-state index is 12.8. The molecule has 0 spiro atoms. The number of thiophene rings is 1. The monoisotopic (exact) mass is 394 g/mol. The Kier molecular flexibility index (Phi) is 5.34. The number of nitrogens with zero attached hydrogens (tertiary/aromatic N) is 1. The van der Waals surface area contributed by atoms with E-state index in [0.717, 1.165) is 28.0 Å². The first-order chi connectivity index (χ1) is 13.7. The second-order valence-corrected chi connectivity index (χ2v) is 7.26. The molecule has 1 amide bonds. The molecule has 0 unspecified atom stereocenters. The Labute approximate surface area is 165 Å². The predicted octanol–water partition coefficient (Wildman–Crippen LogP) is 4.81. The van der Waals surface area contributed by atoms with E-state index >= 15 is 0 Å². The minimum Gasteiger partial charge on any atom is -0.354 e. The minimum absolute atomic E-state index is 0.126. The highest BCUT2D eigenvalue weighted by Gasteiger charge is 2.14. The van der Waals surface area contributed by atoms with Crippen molar-refractivity contribution in [1.82, 2.24) is 15.3 Å². The van der Waals surface area contributed by atoms with Gasteiger partial charge in [0.05, 0.1) is 11.4 Å². The van der Waals surface area contributed by atoms with Crippen LogP contribution in [-0.2, 0) is 13.1 Å². The van der Waals surface area contributed by atoms with Gasteiger partial charge in [0, 0.05) is 24.3 Å². The zero-order valence-electron chi connectivity index (χ0n) is 15.0. The number of amides is 1. The molecule has 28 heavy (non-hydrogen) atoms. The number of hydrogen-bond acceptors (Lipinski definition) is 4. The Morgan fingerprint density at radius 2 is 2.04 bits per heavy atom. The van der Waals surface area contributed by atoms with Crippen molar-refractivity contribution in [2.24, 2.45) is 0 Å². The van der Waals surface area contributed by atoms with Gasteiger partial charge in [0.2, 0.25) is 0 Å². The Bertz CT molecular complexity index is 1100. The van der Waals surface area contributed by atoms with Gasteiger partial charge in [-0.3, -0.25) is 4.79 Å². The molecular formula is C21H19FN4OS. The molecule has 0 atom stereocenters. The molecule has 0 aliphatic carbocycles. The van der Waals surface area contributed by atoms with Gasteiger partial charge >= 0.3 is 0 Å². The molecule has 0 aliphatic heterocycles. The Morgan fingerprint density at radius 3 is 2.93 bits per heavy atom. The number of fused-ring (bicyclic) bond motifs is 1. The first kappa shape index (κ1) is 18.2. The number of rotatable bonds is 7. The Morgan fingerprint density at radius 1 is 1.14 bits per heavy atom. The van der Waals surface area contributed by atoms with E-state index in [2.05, 4.69) is 20.6 Å². The molecule has 4 aromatic rings. The van der Waals surface area contributed by atoms with Crippen LogP contribution in [0.2, 0.25) is 0 Å². The van der Waals surface area contributed by atoms with E-state index < -0.39 is 6.67 Å². The smallest absolute Gasteiger partial charge is 0.263 e. The van der Waals surface area contributed by atoms with Crippen molar-refractivity contribution in [3.05, 3.63) is 76.2 Å². The predicted molar refractivity (Wildman–Crippen MR) is 111 cm³/mol. The summed E-state index contributed by atoms with van der Waals surface area (Å²) in [4.78, 5) is 20.6. The lowest BCUT2D eigenvalue weighted by molar-refractivity contribution is 0.0959. The van der Waals surface area contributed by atoms with Crippen LogP contribution in [0.1, 0.15) is 20.8 Å². The summed E-state index contributed by atoms with van der Waals surface area (Å²) in [5.74, 6) is -0.126. The zero-order valence-corrected chi connectivity index (χ0v) is 15.9. The van der Waals surface area contributed by atoms with E-state index in [1.54, 1.807) is 12.3 Å². The Hall–Kier alpha value is -3.19. The average molecular weight is 394 g/mol. The van der Waals surface area contributed by atoms with Crippen LogP contribution in [0.4, 0.5) is 15.8 Å². The highest BCUT2D eigenvalue weighted by Crippen LogP contribution is 2.29. The number of hydrogen-bond donors (Lipinski definition) is 3. The molecule has 0 saturated carbocycles. The van der Waals surface area contributed by atoms with Gasteiger partial charge in [0.15, 0.2) is 0 Å². The highest BCUT2D eigenvalue weighted by atomic mass is 32.1. The molecule has 142 valence electrons. The van der Waals surface area contributed by atoms with Crippen LogP contribution in [0.5, 0.6) is 0 Å². The summed E-state index contributed by atoms with van der Waals surface area (Å²) in [6, 6.07) is 13.1. The number of aromatic amines is 1. The first-order valence-electron chi connectivity index (χ1n) is 8.93. The fourth-order valence-electron chi connectivity index (χ4n) is 3.07. The largest absolute Gasteiger partial charge is 0.354 e. The van der Waals surface area contributed by atoms with Crippen LogP contribution in [-0.4, -0.2) is 22.4 Å². The fourth-order valence-corrected chi connectivity index (χ4v) is 3.83. The highest BCUT2D eigenvalue weighted by molar-refractivity contribution is 7.12. The summed E-state index contributed by atoms with van der Waals surface area (Å²) in [5.41, 5.74) is 4.10. The van der Waals surface area contributed by atoms with Crippen LogP contribution >= 0.6 is 11.3 Å². The number of benzene rings is 1. The van der Waals surface area contributed by atoms with Crippen LogP contribution in [0.3, 0.4) is 0 Å². The summed E-state index contributed by atoms with van der Waals surface area (Å²) >= 11 is 1.39. The number of carbonyl (C=O) groups excluding carboxylic acids is 1. The summed E-state index contributed by atoms with van der Waals surface area (Å²) in [7, 11) is 0. The fraction of sp³-hybridized carbons (Fsp3) is 0.143. The molecular weight excluding hydrogens is 375 g/mol. The van der Waals surface area contributed by atoms with Crippen LogP contribution < -0.4 is 10.6 Å². The normalized spacial score (nSPS) is 10.9. The standard InChI is InChI=1S/C21H19FN4OS/c22-13-15-3-1-2-14(12-15)4-8-25-21(27)19-18(7-11-28-19)26-17-6-10-24-20-16(17)5-9-23-20/h1-3,5-7,9-12H,4,8,13H2,(H,25,27)(H2,23,24,26). The van der Waals surface area contributed by atoms with Gasteiger partial charge in [-0.1, -0.05) is 24.3 Å². The van der Waals surface area contributed by atoms with Crippen molar-refractivity contribution >= 4 is 39.7 Å². The second kappa shape index (κ2) is 8.22. The van der Waals surface area contributed by atoms with Crippen molar-refractivity contribution in [3.8, 4) is 0 Å². The van der Waals surface area contributed by atoms with E-state index in [-0.39, 0.29) is 5.91 Å². The maximum Gasteiger partial charge on any atom is 0.263 e. The van der Waals surface area contributed by atoms with Crippen LogP contribution in [0.25, 0.3) is 11.0 Å². The number of aromatic nitrogens is 2. The quantitative estimate of drug-likeness (QED) is 0.421. The third-order valence-electron chi connectivity index (χ3n) is 4.45. The maximum atomic E-state index is 12.8. The van der Waals surface area contributed by atoms with Crippen molar-refractivity contribution < 1.29 is 9.18 Å². The molecule has 0 aliphatic rings. The molecule has 0 radical (unpaired) electrons. The van der Waals surface area contributed by atoms with E-state index in [1.165, 1.54) is 11.3 Å². The zero-order chi connectivity index (χ0) is 19.3. The molecule has 7 heteroatoms. The van der Waals surface area contributed by atoms with Gasteiger partial charge in [-0.15, -0.1) is 11.3 Å². The molecule has 0 saturated heterocycles. The summed E-state index contributed by atoms with van der Waals surface area (Å²) < 4.78 is 12.8. The molecule has 5 nitrogen and oxygen atoms in total. The SMILES string of the molecule is O=C(NCCc1cccc(CF)c1)c1sccc1Nc1ccnc2[nH]ccc12. The van der Waals surface area contributed by atoms with Crippen molar-refractivity contribution in [2.45, 2.75) is 13.1 Å². The molecule has 0 bridgehead atoms. The van der Waals surface area contributed by atoms with Crippen molar-refractivity contribution in [1.29, 1.82) is 0 Å². The van der Waals surface area contributed by atoms with Gasteiger partial charge < -0.3 is 15.6 Å². The van der Waals surface area contributed by atoms with E-state index in [1.807, 2.05) is 48.0 Å². The van der Waals surface area contributed by atoms with Crippen LogP contribution in [0.15, 0.2) is 60.2 Å². The van der Waals surface area contributed by atoms with Gasteiger partial charge in [0.25, 0.3) is 5.91 Å². The third kappa shape index (κ3) is 3.89. The molecule has 0 fully saturated rings. The average Bonchev–Trinajstić information content (AvgIpc) is 3.38. The topological polar surface area (TPSA) is 69.8 Å². The number of alkyl halides is 1. The third-order valence-corrected chi connectivity index (χ3v) is 5.36. The molecule has 3 aromatic heterocycles. The molecule has 3 heterocycles. The molecule has 4 rings (SSSR count). The van der Waals surface area contributed by atoms with E-state index in [9.17, 15) is 9.18 Å². The van der Waals surface area contributed by atoms with E-state index in [0.29, 0.717) is 23.4 Å². The number of halogens is 1. The Balaban J connectivity index is 1.42. The minimum atomic E-state index is -0.478. The van der Waals surface area contributed by atoms with Gasteiger partial charge in [0.1, 0.15) is 17.2 Å². The lowest BCUT2D eigenvalue weighted by Crippen LogP contribution is -2.25. The number of nitrogens with one attached hydrogen (secondary N) is 3. The van der Waals surface area contributed by atoms with Gasteiger partial charge in [-0.05, 0) is 41.1 Å². The van der Waals surface area contributed by atoms with Gasteiger partial charge in [-0.25, -0.2) is 9.37 Å². The molecule has 3 N–H and O–H groups in total. The summed E-state index contributed by atoms with van der Waals surface area (Å²) in [6.45, 7) is 0.0110.